The normalized spacial score (nSPS) is 26.3. The SMILES string of the molecule is CCC1(NS(=O)(=O)C2CCNCC2)CCC1. The summed E-state index contributed by atoms with van der Waals surface area (Å²) in [5.41, 5.74) is -0.107. The lowest BCUT2D eigenvalue weighted by Gasteiger charge is -2.42. The molecule has 0 amide bonds. The molecule has 1 saturated carbocycles. The van der Waals surface area contributed by atoms with Gasteiger partial charge in [-0.1, -0.05) is 6.92 Å². The van der Waals surface area contributed by atoms with E-state index in [2.05, 4.69) is 17.0 Å². The van der Waals surface area contributed by atoms with Gasteiger partial charge in [0.25, 0.3) is 0 Å². The van der Waals surface area contributed by atoms with E-state index >= 15 is 0 Å². The molecule has 0 spiro atoms. The molecule has 1 saturated heterocycles. The second-order valence-corrected chi connectivity index (χ2v) is 7.04. The Balaban J connectivity index is 2.01. The Hall–Kier alpha value is -0.130. The van der Waals surface area contributed by atoms with Gasteiger partial charge in [-0.25, -0.2) is 13.1 Å². The number of piperidine rings is 1. The number of sulfonamides is 1. The minimum Gasteiger partial charge on any atom is -0.317 e. The molecule has 0 aromatic heterocycles. The zero-order chi connectivity index (χ0) is 11.6. The van der Waals surface area contributed by atoms with Crippen LogP contribution in [0.5, 0.6) is 0 Å². The van der Waals surface area contributed by atoms with Crippen molar-refractivity contribution in [3.63, 3.8) is 0 Å². The number of hydrogen-bond donors (Lipinski definition) is 2. The van der Waals surface area contributed by atoms with Crippen LogP contribution < -0.4 is 10.0 Å². The van der Waals surface area contributed by atoms with Crippen LogP contribution >= 0.6 is 0 Å². The van der Waals surface area contributed by atoms with Crippen molar-refractivity contribution in [3.05, 3.63) is 0 Å². The first-order chi connectivity index (χ1) is 7.58. The molecule has 2 aliphatic rings. The van der Waals surface area contributed by atoms with Crippen molar-refractivity contribution in [1.29, 1.82) is 0 Å². The molecule has 1 heterocycles. The second-order valence-electron chi connectivity index (χ2n) is 5.08. The van der Waals surface area contributed by atoms with Gasteiger partial charge in [-0.05, 0) is 51.6 Å². The monoisotopic (exact) mass is 246 g/mol. The Bertz CT molecular complexity index is 324. The summed E-state index contributed by atoms with van der Waals surface area (Å²) in [6.07, 6.45) is 5.57. The highest BCUT2D eigenvalue weighted by Gasteiger charge is 2.41. The Morgan fingerprint density at radius 2 is 1.94 bits per heavy atom. The summed E-state index contributed by atoms with van der Waals surface area (Å²) in [5.74, 6) is 0. The highest BCUT2D eigenvalue weighted by atomic mass is 32.2. The highest BCUT2D eigenvalue weighted by molar-refractivity contribution is 7.90. The predicted octanol–water partition coefficient (Wildman–Crippen LogP) is 0.990. The van der Waals surface area contributed by atoms with Gasteiger partial charge in [0.15, 0.2) is 0 Å². The van der Waals surface area contributed by atoms with Gasteiger partial charge in [0, 0.05) is 5.54 Å². The van der Waals surface area contributed by atoms with Crippen molar-refractivity contribution in [2.24, 2.45) is 0 Å². The Kier molecular flexibility index (Phi) is 3.56. The van der Waals surface area contributed by atoms with Gasteiger partial charge >= 0.3 is 0 Å². The van der Waals surface area contributed by atoms with Crippen LogP contribution in [0.3, 0.4) is 0 Å². The Morgan fingerprint density at radius 1 is 1.31 bits per heavy atom. The van der Waals surface area contributed by atoms with E-state index in [4.69, 9.17) is 0 Å². The van der Waals surface area contributed by atoms with Crippen molar-refractivity contribution in [2.75, 3.05) is 13.1 Å². The fraction of sp³-hybridized carbons (Fsp3) is 1.00. The maximum atomic E-state index is 12.2. The van der Waals surface area contributed by atoms with Gasteiger partial charge in [0.05, 0.1) is 5.25 Å². The maximum Gasteiger partial charge on any atom is 0.215 e. The summed E-state index contributed by atoms with van der Waals surface area (Å²) in [4.78, 5) is 0. The number of rotatable bonds is 4. The molecular formula is C11H22N2O2S. The van der Waals surface area contributed by atoms with Gasteiger partial charge in [0.2, 0.25) is 10.0 Å². The van der Waals surface area contributed by atoms with Gasteiger partial charge < -0.3 is 5.32 Å². The summed E-state index contributed by atoms with van der Waals surface area (Å²) in [5, 5.41) is 3.02. The first-order valence-corrected chi connectivity index (χ1v) is 7.86. The van der Waals surface area contributed by atoms with E-state index in [1.165, 1.54) is 0 Å². The van der Waals surface area contributed by atoms with E-state index in [1.807, 2.05) is 0 Å². The van der Waals surface area contributed by atoms with Crippen LogP contribution in [0.15, 0.2) is 0 Å². The standard InChI is InChI=1S/C11H22N2O2S/c1-2-11(6-3-7-11)13-16(14,15)10-4-8-12-9-5-10/h10,12-13H,2-9H2,1H3. The summed E-state index contributed by atoms with van der Waals surface area (Å²) >= 11 is 0. The Morgan fingerprint density at radius 3 is 2.38 bits per heavy atom. The van der Waals surface area contributed by atoms with Gasteiger partial charge in [0.1, 0.15) is 0 Å². The zero-order valence-electron chi connectivity index (χ0n) is 9.96. The molecule has 1 aliphatic heterocycles. The van der Waals surface area contributed by atoms with Gasteiger partial charge in [-0.2, -0.15) is 0 Å². The van der Waals surface area contributed by atoms with E-state index in [0.717, 1.165) is 51.6 Å². The van der Waals surface area contributed by atoms with Crippen LogP contribution in [0.25, 0.3) is 0 Å². The first-order valence-electron chi connectivity index (χ1n) is 6.31. The molecule has 0 bridgehead atoms. The van der Waals surface area contributed by atoms with Crippen LogP contribution in [-0.4, -0.2) is 32.3 Å². The van der Waals surface area contributed by atoms with E-state index in [1.54, 1.807) is 0 Å². The quantitative estimate of drug-likeness (QED) is 0.778. The molecule has 0 unspecified atom stereocenters. The minimum absolute atomic E-state index is 0.107. The van der Waals surface area contributed by atoms with E-state index in [-0.39, 0.29) is 10.8 Å². The van der Waals surface area contributed by atoms with Gasteiger partial charge in [-0.3, -0.25) is 0 Å². The Labute approximate surface area is 98.2 Å². The molecule has 5 heteroatoms. The van der Waals surface area contributed by atoms with Crippen LogP contribution in [0.1, 0.15) is 45.4 Å². The largest absolute Gasteiger partial charge is 0.317 e. The van der Waals surface area contributed by atoms with Crippen LogP contribution in [0.4, 0.5) is 0 Å². The van der Waals surface area contributed by atoms with Crippen LogP contribution in [0.2, 0.25) is 0 Å². The van der Waals surface area contributed by atoms with E-state index in [9.17, 15) is 8.42 Å². The molecule has 16 heavy (non-hydrogen) atoms. The molecule has 1 aliphatic carbocycles. The fourth-order valence-corrected chi connectivity index (χ4v) is 4.60. The lowest BCUT2D eigenvalue weighted by atomic mass is 9.76. The lowest BCUT2D eigenvalue weighted by Crippen LogP contribution is -2.56. The smallest absolute Gasteiger partial charge is 0.215 e. The molecule has 0 radical (unpaired) electrons. The lowest BCUT2D eigenvalue weighted by molar-refractivity contribution is 0.212. The summed E-state index contributed by atoms with van der Waals surface area (Å²) in [6.45, 7) is 3.72. The number of hydrogen-bond acceptors (Lipinski definition) is 3. The average molecular weight is 246 g/mol. The molecule has 0 aromatic rings. The van der Waals surface area contributed by atoms with E-state index < -0.39 is 10.0 Å². The minimum atomic E-state index is -3.10. The van der Waals surface area contributed by atoms with Crippen molar-refractivity contribution in [3.8, 4) is 0 Å². The highest BCUT2D eigenvalue weighted by Crippen LogP contribution is 2.36. The van der Waals surface area contributed by atoms with Crippen molar-refractivity contribution < 1.29 is 8.42 Å². The van der Waals surface area contributed by atoms with Crippen molar-refractivity contribution in [1.82, 2.24) is 10.0 Å². The third-order valence-electron chi connectivity index (χ3n) is 4.07. The first kappa shape index (κ1) is 12.3. The topological polar surface area (TPSA) is 58.2 Å². The molecule has 2 rings (SSSR count). The third-order valence-corrected chi connectivity index (χ3v) is 6.14. The third kappa shape index (κ3) is 2.41. The number of nitrogens with one attached hydrogen (secondary N) is 2. The maximum absolute atomic E-state index is 12.2. The molecule has 0 aromatic carbocycles. The fourth-order valence-electron chi connectivity index (χ4n) is 2.62. The summed E-state index contributed by atoms with van der Waals surface area (Å²) in [6, 6.07) is 0. The summed E-state index contributed by atoms with van der Waals surface area (Å²) in [7, 11) is -3.10. The van der Waals surface area contributed by atoms with E-state index in [0.29, 0.717) is 0 Å². The zero-order valence-corrected chi connectivity index (χ0v) is 10.8. The van der Waals surface area contributed by atoms with Crippen molar-refractivity contribution in [2.45, 2.75) is 56.2 Å². The molecule has 2 N–H and O–H groups in total. The second kappa shape index (κ2) is 4.63. The molecular weight excluding hydrogens is 224 g/mol. The van der Waals surface area contributed by atoms with Crippen LogP contribution in [0, 0.1) is 0 Å². The van der Waals surface area contributed by atoms with Crippen LogP contribution in [-0.2, 0) is 10.0 Å². The molecule has 94 valence electrons. The molecule has 2 fully saturated rings. The average Bonchev–Trinajstić information content (AvgIpc) is 2.25. The van der Waals surface area contributed by atoms with Gasteiger partial charge in [-0.15, -0.1) is 0 Å². The molecule has 4 nitrogen and oxygen atoms in total. The van der Waals surface area contributed by atoms with Crippen molar-refractivity contribution >= 4 is 10.0 Å². The summed E-state index contributed by atoms with van der Waals surface area (Å²) < 4.78 is 27.4. The molecule has 0 atom stereocenters. The predicted molar refractivity (Wildman–Crippen MR) is 64.8 cm³/mol.